The zero-order valence-electron chi connectivity index (χ0n) is 15.1. The molecule has 1 amide bonds. The van der Waals surface area contributed by atoms with Gasteiger partial charge >= 0.3 is 0 Å². The summed E-state index contributed by atoms with van der Waals surface area (Å²) in [6, 6.07) is 5.81. The molecule has 2 aromatic rings. The molecule has 25 heavy (non-hydrogen) atoms. The van der Waals surface area contributed by atoms with Gasteiger partial charge in [0.1, 0.15) is 17.3 Å². The van der Waals surface area contributed by atoms with Crippen LogP contribution in [-0.4, -0.2) is 27.4 Å². The molecular formula is C19H23N3O2S. The molecule has 0 radical (unpaired) electrons. The van der Waals surface area contributed by atoms with Gasteiger partial charge in [-0.3, -0.25) is 9.78 Å². The Kier molecular flexibility index (Phi) is 4.51. The predicted octanol–water partition coefficient (Wildman–Crippen LogP) is 3.13. The van der Waals surface area contributed by atoms with E-state index < -0.39 is 11.6 Å². The average molecular weight is 357 g/mol. The lowest BCUT2D eigenvalue weighted by molar-refractivity contribution is -0.124. The number of pyridine rings is 1. The number of thiophene rings is 1. The molecule has 3 rings (SSSR count). The summed E-state index contributed by atoms with van der Waals surface area (Å²) in [6.45, 7) is 9.70. The largest absolute Gasteiger partial charge is 0.383 e. The van der Waals surface area contributed by atoms with Gasteiger partial charge in [0, 0.05) is 21.5 Å². The van der Waals surface area contributed by atoms with Crippen molar-refractivity contribution >= 4 is 23.1 Å². The Morgan fingerprint density at radius 2 is 2.00 bits per heavy atom. The lowest BCUT2D eigenvalue weighted by Crippen LogP contribution is -2.41. The van der Waals surface area contributed by atoms with Crippen LogP contribution in [0.4, 0.5) is 0 Å². The molecule has 3 heterocycles. The Bertz CT molecular complexity index is 856. The number of amides is 1. The zero-order chi connectivity index (χ0) is 18.4. The first-order chi connectivity index (χ1) is 11.7. The molecule has 0 spiro atoms. The third kappa shape index (κ3) is 3.12. The molecule has 2 atom stereocenters. The van der Waals surface area contributed by atoms with Crippen molar-refractivity contribution in [1.29, 1.82) is 0 Å². The molecule has 2 aromatic heterocycles. The van der Waals surface area contributed by atoms with Crippen molar-refractivity contribution in [3.63, 3.8) is 0 Å². The number of hydrogen-bond acceptors (Lipinski definition) is 5. The quantitative estimate of drug-likeness (QED) is 0.883. The summed E-state index contributed by atoms with van der Waals surface area (Å²) in [5, 5.41) is 13.7. The van der Waals surface area contributed by atoms with Crippen LogP contribution in [0.25, 0.3) is 0 Å². The van der Waals surface area contributed by atoms with Gasteiger partial charge in [0.15, 0.2) is 5.84 Å². The Morgan fingerprint density at radius 3 is 2.56 bits per heavy atom. The summed E-state index contributed by atoms with van der Waals surface area (Å²) in [5.74, 6) is 0.361. The second-order valence-corrected chi connectivity index (χ2v) is 8.34. The van der Waals surface area contributed by atoms with Gasteiger partial charge in [0.05, 0.1) is 0 Å². The van der Waals surface area contributed by atoms with Crippen molar-refractivity contribution < 1.29 is 9.90 Å². The highest BCUT2D eigenvalue weighted by atomic mass is 32.1. The number of carbonyl (C=O) groups excluding carboxylic acids is 1. The zero-order valence-corrected chi connectivity index (χ0v) is 15.9. The molecule has 2 N–H and O–H groups in total. The highest BCUT2D eigenvalue weighted by Gasteiger charge is 2.43. The van der Waals surface area contributed by atoms with Crippen LogP contribution in [0, 0.1) is 19.8 Å². The van der Waals surface area contributed by atoms with Crippen LogP contribution in [-0.2, 0) is 4.79 Å². The molecule has 5 nitrogen and oxygen atoms in total. The van der Waals surface area contributed by atoms with E-state index in [4.69, 9.17) is 0 Å². The highest BCUT2D eigenvalue weighted by molar-refractivity contribution is 7.12. The van der Waals surface area contributed by atoms with Gasteiger partial charge in [-0.15, -0.1) is 11.3 Å². The summed E-state index contributed by atoms with van der Waals surface area (Å²) >= 11 is 1.55. The maximum absolute atomic E-state index is 12.4. The molecule has 0 fully saturated rings. The summed E-state index contributed by atoms with van der Waals surface area (Å²) < 4.78 is 0. The van der Waals surface area contributed by atoms with Gasteiger partial charge in [-0.05, 0) is 50.5 Å². The second-order valence-electron chi connectivity index (χ2n) is 7.02. The number of aliphatic imine (C=N–C) groups is 1. The SMILES string of the molecule is Cc1cnc(C2=NC(C)(C(C)C)C(=O)N2)c(C(O)c2ccc(C)s2)c1. The lowest BCUT2D eigenvalue weighted by atomic mass is 9.89. The van der Waals surface area contributed by atoms with Gasteiger partial charge in [-0.1, -0.05) is 13.8 Å². The summed E-state index contributed by atoms with van der Waals surface area (Å²) in [4.78, 5) is 23.5. The third-order valence-electron chi connectivity index (χ3n) is 4.76. The monoisotopic (exact) mass is 357 g/mol. The fourth-order valence-corrected chi connectivity index (χ4v) is 3.68. The number of nitrogens with zero attached hydrogens (tertiary/aromatic N) is 2. The molecule has 1 aliphatic rings. The van der Waals surface area contributed by atoms with Crippen LogP contribution in [0.5, 0.6) is 0 Å². The van der Waals surface area contributed by atoms with Crippen LogP contribution in [0.3, 0.4) is 0 Å². The van der Waals surface area contributed by atoms with Crippen molar-refractivity contribution in [2.75, 3.05) is 0 Å². The number of aryl methyl sites for hydroxylation is 2. The maximum atomic E-state index is 12.4. The number of aliphatic hydroxyl groups excluding tert-OH is 1. The Hall–Kier alpha value is -2.05. The van der Waals surface area contributed by atoms with E-state index >= 15 is 0 Å². The van der Waals surface area contributed by atoms with Gasteiger partial charge in [0.2, 0.25) is 0 Å². The van der Waals surface area contributed by atoms with Gasteiger partial charge in [0.25, 0.3) is 5.91 Å². The standard InChI is InChI=1S/C19H23N3O2S/c1-10(2)19(5)18(24)21-17(22-19)15-13(8-11(3)9-20-15)16(23)14-7-6-12(4)25-14/h6-10,16,23H,1-5H3,(H,21,22,24). The number of aliphatic hydroxyl groups is 1. The fourth-order valence-electron chi connectivity index (χ4n) is 2.80. The third-order valence-corrected chi connectivity index (χ3v) is 5.82. The van der Waals surface area contributed by atoms with Crippen LogP contribution in [0.2, 0.25) is 0 Å². The van der Waals surface area contributed by atoms with E-state index in [1.807, 2.05) is 52.8 Å². The summed E-state index contributed by atoms with van der Waals surface area (Å²) in [6.07, 6.45) is 0.928. The normalized spacial score (nSPS) is 21.4. The Labute approximate surface area is 151 Å². The number of hydrogen-bond donors (Lipinski definition) is 2. The Morgan fingerprint density at radius 1 is 1.28 bits per heavy atom. The molecular weight excluding hydrogens is 334 g/mol. The number of rotatable bonds is 4. The van der Waals surface area contributed by atoms with E-state index in [1.165, 1.54) is 0 Å². The topological polar surface area (TPSA) is 74.6 Å². The van der Waals surface area contributed by atoms with Crippen molar-refractivity contribution in [2.45, 2.75) is 46.3 Å². The first kappa shape index (κ1) is 17.8. The van der Waals surface area contributed by atoms with E-state index in [2.05, 4.69) is 15.3 Å². The highest BCUT2D eigenvalue weighted by Crippen LogP contribution is 2.32. The number of aromatic nitrogens is 1. The molecule has 132 valence electrons. The van der Waals surface area contributed by atoms with E-state index in [1.54, 1.807) is 17.5 Å². The summed E-state index contributed by atoms with van der Waals surface area (Å²) in [7, 11) is 0. The molecule has 6 heteroatoms. The second kappa shape index (κ2) is 6.35. The minimum absolute atomic E-state index is 0.0590. The number of amidine groups is 1. The van der Waals surface area contributed by atoms with Crippen LogP contribution in [0.1, 0.15) is 53.5 Å². The molecule has 0 aromatic carbocycles. The van der Waals surface area contributed by atoms with E-state index in [0.29, 0.717) is 17.1 Å². The van der Waals surface area contributed by atoms with Gasteiger partial charge < -0.3 is 10.4 Å². The first-order valence-electron chi connectivity index (χ1n) is 8.35. The minimum Gasteiger partial charge on any atom is -0.383 e. The van der Waals surface area contributed by atoms with Crippen LogP contribution in [0.15, 0.2) is 29.4 Å². The molecule has 0 saturated heterocycles. The van der Waals surface area contributed by atoms with Gasteiger partial charge in [-0.2, -0.15) is 0 Å². The lowest BCUT2D eigenvalue weighted by Gasteiger charge is -2.21. The van der Waals surface area contributed by atoms with Gasteiger partial charge in [-0.25, -0.2) is 4.99 Å². The Balaban J connectivity index is 2.08. The van der Waals surface area contributed by atoms with Crippen molar-refractivity contribution in [1.82, 2.24) is 10.3 Å². The molecule has 0 bridgehead atoms. The molecule has 0 saturated carbocycles. The van der Waals surface area contributed by atoms with Crippen molar-refractivity contribution in [3.05, 3.63) is 51.0 Å². The van der Waals surface area contributed by atoms with E-state index in [9.17, 15) is 9.90 Å². The van der Waals surface area contributed by atoms with Crippen molar-refractivity contribution in [2.24, 2.45) is 10.9 Å². The van der Waals surface area contributed by atoms with Crippen LogP contribution >= 0.6 is 11.3 Å². The van der Waals surface area contributed by atoms with E-state index in [-0.39, 0.29) is 11.8 Å². The molecule has 0 aliphatic carbocycles. The minimum atomic E-state index is -0.816. The fraction of sp³-hybridized carbons (Fsp3) is 0.421. The smallest absolute Gasteiger partial charge is 0.253 e. The number of carbonyl (C=O) groups is 1. The molecule has 1 aliphatic heterocycles. The number of nitrogens with one attached hydrogen (secondary N) is 1. The summed E-state index contributed by atoms with van der Waals surface area (Å²) in [5.41, 5.74) is 1.32. The first-order valence-corrected chi connectivity index (χ1v) is 9.16. The molecule has 2 unspecified atom stereocenters. The maximum Gasteiger partial charge on any atom is 0.253 e. The van der Waals surface area contributed by atoms with E-state index in [0.717, 1.165) is 15.3 Å². The van der Waals surface area contributed by atoms with Crippen LogP contribution < -0.4 is 5.32 Å². The predicted molar refractivity (Wildman–Crippen MR) is 100 cm³/mol. The van der Waals surface area contributed by atoms with Crippen molar-refractivity contribution in [3.8, 4) is 0 Å². The average Bonchev–Trinajstić information content (AvgIpc) is 3.11.